The molecule has 0 unspecified atom stereocenters. The highest BCUT2D eigenvalue weighted by molar-refractivity contribution is 7.98. The number of piperidine rings is 1. The maximum atomic E-state index is 13.0. The third kappa shape index (κ3) is 5.62. The fraction of sp³-hybridized carbons (Fsp3) is 0.364. The Balaban J connectivity index is 1.56. The number of carbonyl (C=O) groups excluding carboxylic acids is 1. The van der Waals surface area contributed by atoms with Crippen LogP contribution in [0.2, 0.25) is 0 Å². The van der Waals surface area contributed by atoms with E-state index in [0.717, 1.165) is 10.5 Å². The van der Waals surface area contributed by atoms with Gasteiger partial charge in [-0.15, -0.1) is 11.8 Å². The van der Waals surface area contributed by atoms with Gasteiger partial charge in [-0.3, -0.25) is 4.79 Å². The smallest absolute Gasteiger partial charge is 0.243 e. The predicted molar refractivity (Wildman–Crippen MR) is 125 cm³/mol. The standard InChI is InChI=1S/C22H27N3O5S2/c1-29-20-9-8-19(14-21(20)30-2)32(27,28)25-12-10-17(11-13-25)22(26)24-23-15-16-4-6-18(31-3)7-5-16/h4-9,14-15,17H,10-13H2,1-3H3,(H,24,26)/b23-15-. The van der Waals surface area contributed by atoms with Crippen LogP contribution in [0.5, 0.6) is 11.5 Å². The van der Waals surface area contributed by atoms with Crippen molar-refractivity contribution in [3.05, 3.63) is 48.0 Å². The Hall–Kier alpha value is -2.56. The summed E-state index contributed by atoms with van der Waals surface area (Å²) in [5.41, 5.74) is 3.46. The van der Waals surface area contributed by atoms with Crippen LogP contribution in [-0.4, -0.2) is 58.4 Å². The Morgan fingerprint density at radius 1 is 1.09 bits per heavy atom. The van der Waals surface area contributed by atoms with Crippen LogP contribution in [0.3, 0.4) is 0 Å². The molecule has 32 heavy (non-hydrogen) atoms. The van der Waals surface area contributed by atoms with Gasteiger partial charge in [0.2, 0.25) is 15.9 Å². The van der Waals surface area contributed by atoms with E-state index in [-0.39, 0.29) is 29.8 Å². The molecule has 1 N–H and O–H groups in total. The van der Waals surface area contributed by atoms with Gasteiger partial charge in [0.05, 0.1) is 25.3 Å². The molecule has 2 aromatic rings. The first-order valence-corrected chi connectivity index (χ1v) is 12.7. The van der Waals surface area contributed by atoms with Gasteiger partial charge in [0.1, 0.15) is 0 Å². The lowest BCUT2D eigenvalue weighted by atomic mass is 9.98. The summed E-state index contributed by atoms with van der Waals surface area (Å²) in [6.45, 7) is 0.517. The Bertz CT molecular complexity index is 1060. The molecule has 1 saturated heterocycles. The molecular formula is C22H27N3O5S2. The average Bonchev–Trinajstić information content (AvgIpc) is 2.83. The van der Waals surface area contributed by atoms with Crippen molar-refractivity contribution in [3.63, 3.8) is 0 Å². The normalized spacial score (nSPS) is 15.6. The van der Waals surface area contributed by atoms with Gasteiger partial charge in [0.25, 0.3) is 0 Å². The molecule has 1 aliphatic heterocycles. The highest BCUT2D eigenvalue weighted by Gasteiger charge is 2.32. The van der Waals surface area contributed by atoms with Crippen LogP contribution in [0.15, 0.2) is 57.4 Å². The summed E-state index contributed by atoms with van der Waals surface area (Å²) >= 11 is 1.66. The monoisotopic (exact) mass is 477 g/mol. The van der Waals surface area contributed by atoms with Gasteiger partial charge in [0.15, 0.2) is 11.5 Å². The summed E-state index contributed by atoms with van der Waals surface area (Å²) in [4.78, 5) is 13.7. The van der Waals surface area contributed by atoms with Crippen LogP contribution in [0, 0.1) is 5.92 Å². The molecule has 0 bridgehead atoms. The highest BCUT2D eigenvalue weighted by atomic mass is 32.2. The van der Waals surface area contributed by atoms with E-state index in [9.17, 15) is 13.2 Å². The maximum Gasteiger partial charge on any atom is 0.243 e. The van der Waals surface area contributed by atoms with E-state index in [4.69, 9.17) is 9.47 Å². The summed E-state index contributed by atoms with van der Waals surface area (Å²) in [6, 6.07) is 12.4. The largest absolute Gasteiger partial charge is 0.493 e. The molecule has 0 spiro atoms. The van der Waals surface area contributed by atoms with Crippen LogP contribution in [-0.2, 0) is 14.8 Å². The molecule has 2 aromatic carbocycles. The SMILES string of the molecule is COc1ccc(S(=O)(=O)N2CCC(C(=O)N/N=C\c3ccc(SC)cc3)CC2)cc1OC. The summed E-state index contributed by atoms with van der Waals surface area (Å²) in [5.74, 6) is 0.319. The average molecular weight is 478 g/mol. The van der Waals surface area contributed by atoms with Gasteiger partial charge in [0, 0.05) is 30.0 Å². The minimum atomic E-state index is -3.69. The summed E-state index contributed by atoms with van der Waals surface area (Å²) in [6.07, 6.45) is 4.46. The summed E-state index contributed by atoms with van der Waals surface area (Å²) < 4.78 is 37.8. The second-order valence-corrected chi connectivity index (χ2v) is 10.0. The minimum absolute atomic E-state index is 0.134. The zero-order chi connectivity index (χ0) is 23.1. The number of thioether (sulfide) groups is 1. The molecule has 0 aliphatic carbocycles. The van der Waals surface area contributed by atoms with Crippen molar-refractivity contribution in [2.24, 2.45) is 11.0 Å². The van der Waals surface area contributed by atoms with Gasteiger partial charge in [-0.25, -0.2) is 13.8 Å². The third-order valence-corrected chi connectivity index (χ3v) is 7.96. The van der Waals surface area contributed by atoms with E-state index < -0.39 is 10.0 Å². The van der Waals surface area contributed by atoms with Crippen molar-refractivity contribution in [2.75, 3.05) is 33.6 Å². The van der Waals surface area contributed by atoms with E-state index in [1.165, 1.54) is 30.7 Å². The van der Waals surface area contributed by atoms with Crippen LogP contribution in [0.4, 0.5) is 0 Å². The number of methoxy groups -OCH3 is 2. The van der Waals surface area contributed by atoms with Gasteiger partial charge >= 0.3 is 0 Å². The predicted octanol–water partition coefficient (Wildman–Crippen LogP) is 2.98. The van der Waals surface area contributed by atoms with Crippen molar-refractivity contribution in [1.82, 2.24) is 9.73 Å². The number of rotatable bonds is 8. The van der Waals surface area contributed by atoms with E-state index in [1.54, 1.807) is 24.0 Å². The highest BCUT2D eigenvalue weighted by Crippen LogP contribution is 2.32. The molecule has 10 heteroatoms. The van der Waals surface area contributed by atoms with Crippen molar-refractivity contribution >= 4 is 33.9 Å². The number of nitrogens with one attached hydrogen (secondary N) is 1. The molecule has 1 fully saturated rings. The van der Waals surface area contributed by atoms with Gasteiger partial charge in [-0.2, -0.15) is 9.41 Å². The van der Waals surface area contributed by atoms with Crippen LogP contribution in [0.1, 0.15) is 18.4 Å². The Labute approximate surface area is 193 Å². The van der Waals surface area contributed by atoms with Crippen LogP contribution in [0.25, 0.3) is 0 Å². The number of hydrazone groups is 1. The van der Waals surface area contributed by atoms with Crippen molar-refractivity contribution in [1.29, 1.82) is 0 Å². The van der Waals surface area contributed by atoms with Crippen LogP contribution < -0.4 is 14.9 Å². The zero-order valence-corrected chi connectivity index (χ0v) is 19.9. The Morgan fingerprint density at radius 3 is 2.34 bits per heavy atom. The topological polar surface area (TPSA) is 97.3 Å². The number of hydrogen-bond acceptors (Lipinski definition) is 7. The zero-order valence-electron chi connectivity index (χ0n) is 18.3. The molecular weight excluding hydrogens is 450 g/mol. The number of ether oxygens (including phenoxy) is 2. The minimum Gasteiger partial charge on any atom is -0.493 e. The number of hydrogen-bond donors (Lipinski definition) is 1. The number of nitrogens with zero attached hydrogens (tertiary/aromatic N) is 2. The Kier molecular flexibility index (Phi) is 8.16. The molecule has 1 amide bonds. The maximum absolute atomic E-state index is 13.0. The number of sulfonamides is 1. The van der Waals surface area contributed by atoms with Crippen molar-refractivity contribution in [3.8, 4) is 11.5 Å². The Morgan fingerprint density at radius 2 is 1.75 bits per heavy atom. The van der Waals surface area contributed by atoms with E-state index in [0.29, 0.717) is 24.3 Å². The van der Waals surface area contributed by atoms with Gasteiger partial charge < -0.3 is 9.47 Å². The van der Waals surface area contributed by atoms with E-state index >= 15 is 0 Å². The molecule has 172 valence electrons. The van der Waals surface area contributed by atoms with Crippen LogP contribution >= 0.6 is 11.8 Å². The number of benzene rings is 2. The molecule has 3 rings (SSSR count). The molecule has 0 aromatic heterocycles. The molecule has 0 radical (unpaired) electrons. The quantitative estimate of drug-likeness (QED) is 0.357. The van der Waals surface area contributed by atoms with Gasteiger partial charge in [-0.1, -0.05) is 12.1 Å². The number of carbonyl (C=O) groups is 1. The summed E-state index contributed by atoms with van der Waals surface area (Å²) in [5, 5.41) is 4.03. The summed E-state index contributed by atoms with van der Waals surface area (Å²) in [7, 11) is -0.741. The van der Waals surface area contributed by atoms with Gasteiger partial charge in [-0.05, 0) is 48.9 Å². The van der Waals surface area contributed by atoms with E-state index in [1.807, 2.05) is 30.5 Å². The molecule has 0 saturated carbocycles. The first-order valence-electron chi connectivity index (χ1n) is 10.1. The fourth-order valence-electron chi connectivity index (χ4n) is 3.44. The first-order chi connectivity index (χ1) is 15.4. The first kappa shape index (κ1) is 24.1. The third-order valence-electron chi connectivity index (χ3n) is 5.32. The lowest BCUT2D eigenvalue weighted by molar-refractivity contribution is -0.126. The molecule has 8 nitrogen and oxygen atoms in total. The second kappa shape index (κ2) is 10.8. The number of amides is 1. The molecule has 0 atom stereocenters. The lowest BCUT2D eigenvalue weighted by Crippen LogP contribution is -2.42. The van der Waals surface area contributed by atoms with Crippen molar-refractivity contribution < 1.29 is 22.7 Å². The fourth-order valence-corrected chi connectivity index (χ4v) is 5.33. The van der Waals surface area contributed by atoms with E-state index in [2.05, 4.69) is 10.5 Å². The molecule has 1 heterocycles. The molecule has 1 aliphatic rings. The second-order valence-electron chi connectivity index (χ2n) is 7.20. The van der Waals surface area contributed by atoms with Crippen molar-refractivity contribution in [2.45, 2.75) is 22.6 Å². The lowest BCUT2D eigenvalue weighted by Gasteiger charge is -2.30.